The van der Waals surface area contributed by atoms with Gasteiger partial charge in [-0.15, -0.1) is 0 Å². The van der Waals surface area contributed by atoms with Crippen molar-refractivity contribution in [3.8, 4) is 0 Å². The SMILES string of the molecule is Cc1nn(C(C)(C)C(N)=O)cc1[N+](=O)[O-]. The fourth-order valence-corrected chi connectivity index (χ4v) is 1.03. The van der Waals surface area contributed by atoms with Gasteiger partial charge in [0.2, 0.25) is 5.91 Å². The summed E-state index contributed by atoms with van der Waals surface area (Å²) in [5.41, 5.74) is 4.24. The molecule has 0 aliphatic carbocycles. The molecule has 0 aliphatic heterocycles. The minimum absolute atomic E-state index is 0.121. The Bertz CT molecular complexity index is 422. The molecule has 2 N–H and O–H groups in total. The van der Waals surface area contributed by atoms with Gasteiger partial charge in [-0.2, -0.15) is 5.10 Å². The molecule has 0 atom stereocenters. The van der Waals surface area contributed by atoms with Crippen molar-refractivity contribution >= 4 is 11.6 Å². The zero-order chi connectivity index (χ0) is 11.8. The van der Waals surface area contributed by atoms with E-state index >= 15 is 0 Å². The summed E-state index contributed by atoms with van der Waals surface area (Å²) < 4.78 is 1.21. The summed E-state index contributed by atoms with van der Waals surface area (Å²) in [5.74, 6) is -0.597. The van der Waals surface area contributed by atoms with Crippen molar-refractivity contribution < 1.29 is 9.72 Å². The van der Waals surface area contributed by atoms with Crippen LogP contribution < -0.4 is 5.73 Å². The Hall–Kier alpha value is -1.92. The number of amides is 1. The molecule has 7 heteroatoms. The molecule has 0 spiro atoms. The molecule has 0 saturated heterocycles. The van der Waals surface area contributed by atoms with E-state index in [4.69, 9.17) is 5.73 Å². The number of hydrogen-bond acceptors (Lipinski definition) is 4. The van der Waals surface area contributed by atoms with E-state index in [1.165, 1.54) is 17.8 Å². The summed E-state index contributed by atoms with van der Waals surface area (Å²) in [6.45, 7) is 4.60. The summed E-state index contributed by atoms with van der Waals surface area (Å²) in [6.07, 6.45) is 1.21. The number of hydrogen-bond donors (Lipinski definition) is 1. The fraction of sp³-hybridized carbons (Fsp3) is 0.500. The quantitative estimate of drug-likeness (QED) is 0.575. The molecular formula is C8H12N4O3. The Balaban J connectivity index is 3.24. The van der Waals surface area contributed by atoms with Gasteiger partial charge in [-0.05, 0) is 20.8 Å². The highest BCUT2D eigenvalue weighted by molar-refractivity contribution is 5.81. The van der Waals surface area contributed by atoms with E-state index in [2.05, 4.69) is 5.10 Å². The number of nitrogens with zero attached hydrogens (tertiary/aromatic N) is 3. The van der Waals surface area contributed by atoms with Crippen molar-refractivity contribution in [3.05, 3.63) is 22.0 Å². The van der Waals surface area contributed by atoms with Crippen LogP contribution in [0.4, 0.5) is 5.69 Å². The van der Waals surface area contributed by atoms with Crippen molar-refractivity contribution in [1.29, 1.82) is 0 Å². The van der Waals surface area contributed by atoms with Crippen LogP contribution in [0.15, 0.2) is 6.20 Å². The third-order valence-corrected chi connectivity index (χ3v) is 2.25. The first kappa shape index (κ1) is 11.2. The van der Waals surface area contributed by atoms with Crippen LogP contribution in [0.1, 0.15) is 19.5 Å². The second-order valence-corrected chi connectivity index (χ2v) is 3.72. The number of carbonyl (C=O) groups excluding carboxylic acids is 1. The number of aromatic nitrogens is 2. The third kappa shape index (κ3) is 1.80. The van der Waals surface area contributed by atoms with Gasteiger partial charge in [0.05, 0.1) is 4.92 Å². The van der Waals surface area contributed by atoms with Crippen LogP contribution in [0, 0.1) is 17.0 Å². The van der Waals surface area contributed by atoms with Crippen LogP contribution in [0.5, 0.6) is 0 Å². The first-order valence-electron chi connectivity index (χ1n) is 4.28. The number of carbonyl (C=O) groups is 1. The Kier molecular flexibility index (Phi) is 2.48. The molecule has 0 radical (unpaired) electrons. The maximum absolute atomic E-state index is 11.1. The minimum atomic E-state index is -1.07. The van der Waals surface area contributed by atoms with Gasteiger partial charge in [-0.3, -0.25) is 19.6 Å². The number of primary amides is 1. The zero-order valence-electron chi connectivity index (χ0n) is 8.72. The average molecular weight is 212 g/mol. The van der Waals surface area contributed by atoms with Crippen molar-refractivity contribution in [2.45, 2.75) is 26.3 Å². The van der Waals surface area contributed by atoms with Crippen LogP contribution in [-0.4, -0.2) is 20.6 Å². The van der Waals surface area contributed by atoms with Crippen molar-refractivity contribution in [2.24, 2.45) is 5.73 Å². The fourth-order valence-electron chi connectivity index (χ4n) is 1.03. The number of rotatable bonds is 3. The van der Waals surface area contributed by atoms with Crippen LogP contribution in [0.2, 0.25) is 0 Å². The summed E-state index contributed by atoms with van der Waals surface area (Å²) in [7, 11) is 0. The highest BCUT2D eigenvalue weighted by atomic mass is 16.6. The minimum Gasteiger partial charge on any atom is -0.368 e. The molecule has 82 valence electrons. The predicted molar refractivity (Wildman–Crippen MR) is 52.1 cm³/mol. The highest BCUT2D eigenvalue weighted by Crippen LogP contribution is 2.21. The predicted octanol–water partition coefficient (Wildman–Crippen LogP) is 0.320. The van der Waals surface area contributed by atoms with Gasteiger partial charge in [0.25, 0.3) is 0 Å². The lowest BCUT2D eigenvalue weighted by Gasteiger charge is -2.20. The Labute approximate surface area is 86.0 Å². The molecule has 0 unspecified atom stereocenters. The monoisotopic (exact) mass is 212 g/mol. The lowest BCUT2D eigenvalue weighted by molar-refractivity contribution is -0.385. The van der Waals surface area contributed by atoms with Gasteiger partial charge in [0, 0.05) is 0 Å². The molecule has 0 aliphatic rings. The average Bonchev–Trinajstić information content (AvgIpc) is 2.47. The molecule has 1 aromatic heterocycles. The summed E-state index contributed by atoms with van der Waals surface area (Å²) in [6, 6.07) is 0. The summed E-state index contributed by atoms with van der Waals surface area (Å²) >= 11 is 0. The van der Waals surface area contributed by atoms with Crippen LogP contribution in [-0.2, 0) is 10.3 Å². The van der Waals surface area contributed by atoms with Gasteiger partial charge < -0.3 is 5.73 Å². The number of aryl methyl sites for hydroxylation is 1. The summed E-state index contributed by atoms with van der Waals surface area (Å²) in [4.78, 5) is 21.1. The first-order chi connectivity index (χ1) is 6.76. The van der Waals surface area contributed by atoms with Gasteiger partial charge >= 0.3 is 5.69 Å². The standard InChI is InChI=1S/C8H12N4O3/c1-5-6(12(14)15)4-11(10-5)8(2,3)7(9)13/h4H,1-3H3,(H2,9,13). The van der Waals surface area contributed by atoms with Crippen molar-refractivity contribution in [3.63, 3.8) is 0 Å². The largest absolute Gasteiger partial charge is 0.368 e. The molecule has 1 amide bonds. The van der Waals surface area contributed by atoms with E-state index in [-0.39, 0.29) is 11.4 Å². The molecule has 1 aromatic rings. The number of nitro groups is 1. The molecule has 15 heavy (non-hydrogen) atoms. The molecule has 0 aromatic carbocycles. The van der Waals surface area contributed by atoms with E-state index in [9.17, 15) is 14.9 Å². The van der Waals surface area contributed by atoms with Gasteiger partial charge in [-0.1, -0.05) is 0 Å². The normalized spacial score (nSPS) is 11.4. The molecule has 0 fully saturated rings. The van der Waals surface area contributed by atoms with Crippen LogP contribution in [0.3, 0.4) is 0 Å². The third-order valence-electron chi connectivity index (χ3n) is 2.25. The van der Waals surface area contributed by atoms with Gasteiger partial charge in [0.15, 0.2) is 0 Å². The first-order valence-corrected chi connectivity index (χ1v) is 4.28. The van der Waals surface area contributed by atoms with Crippen LogP contribution >= 0.6 is 0 Å². The van der Waals surface area contributed by atoms with Gasteiger partial charge in [0.1, 0.15) is 17.4 Å². The molecule has 7 nitrogen and oxygen atoms in total. The Morgan fingerprint density at radius 3 is 2.53 bits per heavy atom. The van der Waals surface area contributed by atoms with E-state index in [1.54, 1.807) is 13.8 Å². The van der Waals surface area contributed by atoms with Crippen molar-refractivity contribution in [1.82, 2.24) is 9.78 Å². The van der Waals surface area contributed by atoms with E-state index < -0.39 is 16.4 Å². The van der Waals surface area contributed by atoms with Crippen LogP contribution in [0.25, 0.3) is 0 Å². The second-order valence-electron chi connectivity index (χ2n) is 3.72. The Morgan fingerprint density at radius 2 is 2.20 bits per heavy atom. The lowest BCUT2D eigenvalue weighted by atomic mass is 10.1. The molecule has 0 bridgehead atoms. The van der Waals surface area contributed by atoms with E-state index in [1.807, 2.05) is 0 Å². The number of nitrogens with two attached hydrogens (primary N) is 1. The highest BCUT2D eigenvalue weighted by Gasteiger charge is 2.31. The Morgan fingerprint density at radius 1 is 1.67 bits per heavy atom. The maximum Gasteiger partial charge on any atom is 0.309 e. The topological polar surface area (TPSA) is 104 Å². The maximum atomic E-state index is 11.1. The van der Waals surface area contributed by atoms with E-state index in [0.29, 0.717) is 0 Å². The zero-order valence-corrected chi connectivity index (χ0v) is 8.72. The molecule has 1 rings (SSSR count). The summed E-state index contributed by atoms with van der Waals surface area (Å²) in [5, 5.41) is 14.5. The lowest BCUT2D eigenvalue weighted by Crippen LogP contribution is -2.41. The van der Waals surface area contributed by atoms with Gasteiger partial charge in [-0.25, -0.2) is 0 Å². The smallest absolute Gasteiger partial charge is 0.309 e. The van der Waals surface area contributed by atoms with E-state index in [0.717, 1.165) is 0 Å². The molecule has 1 heterocycles. The molecular weight excluding hydrogens is 200 g/mol. The second kappa shape index (κ2) is 3.34. The molecule has 0 saturated carbocycles. The van der Waals surface area contributed by atoms with Crippen molar-refractivity contribution in [2.75, 3.05) is 0 Å².